The topological polar surface area (TPSA) is 95.3 Å². The summed E-state index contributed by atoms with van der Waals surface area (Å²) in [6.45, 7) is 3.87. The van der Waals surface area contributed by atoms with E-state index in [2.05, 4.69) is 15.3 Å². The van der Waals surface area contributed by atoms with E-state index in [-0.39, 0.29) is 24.1 Å². The lowest BCUT2D eigenvalue weighted by Gasteiger charge is -2.18. The van der Waals surface area contributed by atoms with Gasteiger partial charge in [-0.3, -0.25) is 19.1 Å². The molecule has 8 nitrogen and oxygen atoms in total. The Balaban J connectivity index is 1.45. The number of benzene rings is 2. The fraction of sp³-hybridized carbons (Fsp3) is 0.231. The number of fused-ring (bicyclic) bond motifs is 1. The number of nitrogens with one attached hydrogen (secondary N) is 1. The van der Waals surface area contributed by atoms with E-state index in [1.165, 1.54) is 4.57 Å². The number of hydrogen-bond donors (Lipinski definition) is 1. The van der Waals surface area contributed by atoms with Crippen molar-refractivity contribution in [1.82, 2.24) is 19.9 Å². The third kappa shape index (κ3) is 5.06. The summed E-state index contributed by atoms with van der Waals surface area (Å²) in [7, 11) is 1.57. The number of methoxy groups -OCH3 is 1. The number of aryl methyl sites for hydroxylation is 1. The predicted molar refractivity (Wildman–Crippen MR) is 129 cm³/mol. The molecule has 1 atom stereocenters. The Hall–Kier alpha value is -4.20. The second kappa shape index (κ2) is 10.2. The molecule has 8 heteroatoms. The zero-order chi connectivity index (χ0) is 24.1. The Morgan fingerprint density at radius 1 is 1.09 bits per heavy atom. The first-order chi connectivity index (χ1) is 16.5. The average Bonchev–Trinajstić information content (AvgIpc) is 2.85. The Bertz CT molecular complexity index is 1370. The minimum absolute atomic E-state index is 0.114. The molecule has 0 bridgehead atoms. The number of ether oxygens (including phenoxy) is 2. The average molecular weight is 459 g/mol. The van der Waals surface area contributed by atoms with Crippen LogP contribution in [0.1, 0.15) is 29.9 Å². The summed E-state index contributed by atoms with van der Waals surface area (Å²) in [5.41, 5.74) is 2.23. The summed E-state index contributed by atoms with van der Waals surface area (Å²) in [5, 5.41) is 3.43. The van der Waals surface area contributed by atoms with Gasteiger partial charge in [-0.25, -0.2) is 4.98 Å². The van der Waals surface area contributed by atoms with Crippen molar-refractivity contribution in [1.29, 1.82) is 0 Å². The number of aromatic nitrogens is 3. The van der Waals surface area contributed by atoms with Crippen molar-refractivity contribution in [3.05, 3.63) is 94.3 Å². The Morgan fingerprint density at radius 3 is 2.62 bits per heavy atom. The molecular weight excluding hydrogens is 432 g/mol. The number of carbonyl (C=O) groups is 1. The van der Waals surface area contributed by atoms with E-state index < -0.39 is 0 Å². The Kier molecular flexibility index (Phi) is 6.87. The van der Waals surface area contributed by atoms with Crippen molar-refractivity contribution in [2.45, 2.75) is 33.0 Å². The molecular formula is C26H26N4O4. The highest BCUT2D eigenvalue weighted by Gasteiger charge is 2.16. The molecule has 34 heavy (non-hydrogen) atoms. The van der Waals surface area contributed by atoms with Gasteiger partial charge in [-0.05, 0) is 61.4 Å². The number of amides is 1. The number of carbonyl (C=O) groups excluding carboxylic acids is 1. The van der Waals surface area contributed by atoms with Crippen LogP contribution in [0, 0.1) is 6.92 Å². The summed E-state index contributed by atoms with van der Waals surface area (Å²) >= 11 is 0. The summed E-state index contributed by atoms with van der Waals surface area (Å²) in [5.74, 6) is 1.38. The van der Waals surface area contributed by atoms with E-state index in [9.17, 15) is 9.59 Å². The highest BCUT2D eigenvalue weighted by Crippen LogP contribution is 2.31. The molecule has 0 saturated carbocycles. The molecule has 0 aliphatic carbocycles. The maximum Gasteiger partial charge on any atom is 0.261 e. The molecule has 2 aromatic carbocycles. The van der Waals surface area contributed by atoms with Crippen molar-refractivity contribution >= 4 is 16.8 Å². The second-order valence-electron chi connectivity index (χ2n) is 7.91. The monoisotopic (exact) mass is 458 g/mol. The van der Waals surface area contributed by atoms with Crippen molar-refractivity contribution in [2.24, 2.45) is 0 Å². The maximum atomic E-state index is 12.8. The summed E-state index contributed by atoms with van der Waals surface area (Å²) in [4.78, 5) is 34.0. The van der Waals surface area contributed by atoms with Crippen molar-refractivity contribution in [3.8, 4) is 11.5 Å². The molecule has 4 aromatic rings. The standard InChI is InChI=1S/C26H26N4O4/c1-17(20-8-9-23(24(14-20)33-3)34-16-19-10-12-27-13-11-19)28-25(31)15-30-18(2)29-22-7-5-4-6-21(22)26(30)32/h4-14,17H,15-16H2,1-3H3,(H,28,31). The van der Waals surface area contributed by atoms with Gasteiger partial charge < -0.3 is 14.8 Å². The molecule has 1 N–H and O–H groups in total. The van der Waals surface area contributed by atoms with E-state index in [1.54, 1.807) is 44.6 Å². The van der Waals surface area contributed by atoms with Crippen LogP contribution in [0.5, 0.6) is 11.5 Å². The summed E-state index contributed by atoms with van der Waals surface area (Å²) in [6.07, 6.45) is 3.43. The van der Waals surface area contributed by atoms with Crippen molar-refractivity contribution in [2.75, 3.05) is 7.11 Å². The Labute approximate surface area is 197 Å². The number of hydrogen-bond acceptors (Lipinski definition) is 6. The van der Waals surface area contributed by atoms with Gasteiger partial charge in [-0.1, -0.05) is 18.2 Å². The smallest absolute Gasteiger partial charge is 0.261 e. The molecule has 1 unspecified atom stereocenters. The number of nitrogens with zero attached hydrogens (tertiary/aromatic N) is 3. The largest absolute Gasteiger partial charge is 0.493 e. The fourth-order valence-electron chi connectivity index (χ4n) is 3.69. The van der Waals surface area contributed by atoms with E-state index in [0.717, 1.165) is 11.1 Å². The lowest BCUT2D eigenvalue weighted by Crippen LogP contribution is -2.35. The van der Waals surface area contributed by atoms with Gasteiger partial charge in [-0.15, -0.1) is 0 Å². The Morgan fingerprint density at radius 2 is 1.85 bits per heavy atom. The van der Waals surface area contributed by atoms with Crippen LogP contribution in [0.2, 0.25) is 0 Å². The van der Waals surface area contributed by atoms with Gasteiger partial charge in [0.15, 0.2) is 11.5 Å². The van der Waals surface area contributed by atoms with E-state index in [1.807, 2.05) is 43.3 Å². The zero-order valence-electron chi connectivity index (χ0n) is 19.3. The van der Waals surface area contributed by atoms with E-state index in [0.29, 0.717) is 34.8 Å². The summed E-state index contributed by atoms with van der Waals surface area (Å²) < 4.78 is 12.8. The molecule has 0 saturated heterocycles. The molecule has 0 radical (unpaired) electrons. The lowest BCUT2D eigenvalue weighted by molar-refractivity contribution is -0.122. The van der Waals surface area contributed by atoms with Crippen LogP contribution in [-0.2, 0) is 17.9 Å². The van der Waals surface area contributed by atoms with Crippen molar-refractivity contribution < 1.29 is 14.3 Å². The third-order valence-corrected chi connectivity index (χ3v) is 5.56. The van der Waals surface area contributed by atoms with Crippen LogP contribution in [0.15, 0.2) is 71.8 Å². The first-order valence-electron chi connectivity index (χ1n) is 10.9. The first kappa shape index (κ1) is 23.0. The number of pyridine rings is 1. The van der Waals surface area contributed by atoms with Gasteiger partial charge in [0.1, 0.15) is 19.0 Å². The minimum atomic E-state index is -0.305. The minimum Gasteiger partial charge on any atom is -0.493 e. The van der Waals surface area contributed by atoms with Crippen LogP contribution < -0.4 is 20.3 Å². The van der Waals surface area contributed by atoms with Crippen LogP contribution in [-0.4, -0.2) is 27.6 Å². The molecule has 2 heterocycles. The molecule has 0 aliphatic rings. The number of rotatable bonds is 8. The molecule has 0 fully saturated rings. The molecule has 4 rings (SSSR count). The molecule has 0 spiro atoms. The maximum absolute atomic E-state index is 12.8. The normalized spacial score (nSPS) is 11.7. The van der Waals surface area contributed by atoms with Crippen LogP contribution >= 0.6 is 0 Å². The molecule has 1 amide bonds. The van der Waals surface area contributed by atoms with Gasteiger partial charge in [0.2, 0.25) is 5.91 Å². The zero-order valence-corrected chi connectivity index (χ0v) is 19.3. The van der Waals surface area contributed by atoms with E-state index >= 15 is 0 Å². The number of para-hydroxylation sites is 1. The quantitative estimate of drug-likeness (QED) is 0.434. The second-order valence-corrected chi connectivity index (χ2v) is 7.91. The molecule has 0 aliphatic heterocycles. The highest BCUT2D eigenvalue weighted by molar-refractivity contribution is 5.79. The van der Waals surface area contributed by atoms with Crippen LogP contribution in [0.3, 0.4) is 0 Å². The molecule has 2 aromatic heterocycles. The molecule has 174 valence electrons. The van der Waals surface area contributed by atoms with Crippen LogP contribution in [0.4, 0.5) is 0 Å². The predicted octanol–water partition coefficient (Wildman–Crippen LogP) is 3.56. The highest BCUT2D eigenvalue weighted by atomic mass is 16.5. The summed E-state index contributed by atoms with van der Waals surface area (Å²) in [6, 6.07) is 16.1. The van der Waals surface area contributed by atoms with E-state index in [4.69, 9.17) is 9.47 Å². The third-order valence-electron chi connectivity index (χ3n) is 5.56. The van der Waals surface area contributed by atoms with Gasteiger partial charge >= 0.3 is 0 Å². The van der Waals surface area contributed by atoms with Crippen LogP contribution in [0.25, 0.3) is 10.9 Å². The van der Waals surface area contributed by atoms with Gasteiger partial charge in [0.05, 0.1) is 24.1 Å². The van der Waals surface area contributed by atoms with Gasteiger partial charge in [0.25, 0.3) is 5.56 Å². The van der Waals surface area contributed by atoms with Crippen molar-refractivity contribution in [3.63, 3.8) is 0 Å². The SMILES string of the molecule is COc1cc(C(C)NC(=O)Cn2c(C)nc3ccccc3c2=O)ccc1OCc1ccncc1. The van der Waals surface area contributed by atoms with Gasteiger partial charge in [0, 0.05) is 12.4 Å². The van der Waals surface area contributed by atoms with Gasteiger partial charge in [-0.2, -0.15) is 0 Å². The first-order valence-corrected chi connectivity index (χ1v) is 10.9. The fourth-order valence-corrected chi connectivity index (χ4v) is 3.69. The lowest BCUT2D eigenvalue weighted by atomic mass is 10.1.